The number of aromatic nitrogens is 2. The summed E-state index contributed by atoms with van der Waals surface area (Å²) in [7, 11) is -0.694. The minimum absolute atomic E-state index is 0.509. The number of ether oxygens (including phenoxy) is 1. The second kappa shape index (κ2) is 8.29. The number of hydrogen-bond donors (Lipinski definition) is 1. The highest BCUT2D eigenvalue weighted by Crippen LogP contribution is 2.61. The van der Waals surface area contributed by atoms with Crippen molar-refractivity contribution in [1.82, 2.24) is 9.97 Å². The zero-order chi connectivity index (χ0) is 20.4. The van der Waals surface area contributed by atoms with Gasteiger partial charge < -0.3 is 14.6 Å². The molecule has 152 valence electrons. The average molecular weight is 428 g/mol. The molecule has 1 saturated heterocycles. The summed E-state index contributed by atoms with van der Waals surface area (Å²) < 4.78 is 20.3. The van der Waals surface area contributed by atoms with E-state index in [0.29, 0.717) is 18.3 Å². The summed E-state index contributed by atoms with van der Waals surface area (Å²) in [5.74, 6) is 2.07. The first-order valence-electron chi connectivity index (χ1n) is 9.84. The molecule has 0 spiro atoms. The molecule has 1 N–H and O–H groups in total. The molecule has 1 fully saturated rings. The molecular weight excluding hydrogens is 401 g/mol. The fraction of sp³-hybridized carbons (Fsp3) is 0.364. The summed E-state index contributed by atoms with van der Waals surface area (Å²) in [4.78, 5) is 9.78. The standard InChI is InChI=1S/C22H26N3O2PS/c1-15-6-7-28(26,14-15)19(12-25-22-13-23-16(2)11-24-22)10-20-8-17-4-5-18(27-3)9-21(17)29-20/h4-5,8-11,13,15H,6-7,12,14H2,1-3H3,(H,24,25)/b19-10-/t15-,28?/m1/s1. The SMILES string of the molecule is COc1ccc2cc(/C=C(/CNc3cnc(C)cn3)P3(=O)CC[C@@H](C)C3)sc2c1. The molecule has 7 heteroatoms. The Balaban J connectivity index is 1.65. The molecule has 2 aromatic heterocycles. The van der Waals surface area contributed by atoms with Crippen LogP contribution in [0.15, 0.2) is 42.0 Å². The zero-order valence-corrected chi connectivity index (χ0v) is 18.7. The summed E-state index contributed by atoms with van der Waals surface area (Å²) in [6.45, 7) is 4.64. The van der Waals surface area contributed by atoms with E-state index in [0.717, 1.165) is 40.4 Å². The molecule has 1 aromatic carbocycles. The number of fused-ring (bicyclic) bond motifs is 1. The third-order valence-electron chi connectivity index (χ3n) is 5.40. The lowest BCUT2D eigenvalue weighted by Gasteiger charge is -2.17. The van der Waals surface area contributed by atoms with Gasteiger partial charge in [0, 0.05) is 33.8 Å². The van der Waals surface area contributed by atoms with Crippen molar-refractivity contribution >= 4 is 40.5 Å². The maximum Gasteiger partial charge on any atom is 0.144 e. The molecule has 29 heavy (non-hydrogen) atoms. The Labute approximate surface area is 175 Å². The van der Waals surface area contributed by atoms with E-state index in [9.17, 15) is 4.57 Å². The zero-order valence-electron chi connectivity index (χ0n) is 17.0. The van der Waals surface area contributed by atoms with Crippen LogP contribution in [-0.2, 0) is 4.57 Å². The summed E-state index contributed by atoms with van der Waals surface area (Å²) in [6, 6.07) is 8.26. The van der Waals surface area contributed by atoms with Gasteiger partial charge in [0.15, 0.2) is 0 Å². The minimum Gasteiger partial charge on any atom is -0.497 e. The highest BCUT2D eigenvalue weighted by atomic mass is 32.1. The molecule has 0 amide bonds. The summed E-state index contributed by atoms with van der Waals surface area (Å²) in [6.07, 6.45) is 8.21. The predicted octanol–water partition coefficient (Wildman–Crippen LogP) is 5.86. The number of rotatable bonds is 6. The van der Waals surface area contributed by atoms with Crippen LogP contribution in [0.5, 0.6) is 5.75 Å². The van der Waals surface area contributed by atoms with Crippen LogP contribution in [-0.4, -0.2) is 35.9 Å². The molecule has 5 nitrogen and oxygen atoms in total. The Morgan fingerprint density at radius 3 is 2.90 bits per heavy atom. The van der Waals surface area contributed by atoms with E-state index in [2.05, 4.69) is 46.5 Å². The second-order valence-electron chi connectivity index (χ2n) is 7.77. The molecule has 1 aliphatic heterocycles. The van der Waals surface area contributed by atoms with Crippen LogP contribution in [0.4, 0.5) is 5.82 Å². The fourth-order valence-corrected chi connectivity index (χ4v) is 8.39. The molecule has 3 aromatic rings. The van der Waals surface area contributed by atoms with Crippen molar-refractivity contribution < 1.29 is 9.30 Å². The van der Waals surface area contributed by atoms with Crippen LogP contribution in [0.25, 0.3) is 16.2 Å². The highest BCUT2D eigenvalue weighted by Gasteiger charge is 2.35. The lowest BCUT2D eigenvalue weighted by atomic mass is 10.2. The van der Waals surface area contributed by atoms with Gasteiger partial charge in [-0.05, 0) is 55.0 Å². The molecule has 0 saturated carbocycles. The van der Waals surface area contributed by atoms with E-state index < -0.39 is 7.14 Å². The Bertz CT molecular complexity index is 1090. The lowest BCUT2D eigenvalue weighted by molar-refractivity contribution is 0.415. The predicted molar refractivity (Wildman–Crippen MR) is 123 cm³/mol. The molecule has 0 radical (unpaired) electrons. The van der Waals surface area contributed by atoms with E-state index >= 15 is 0 Å². The van der Waals surface area contributed by atoms with Gasteiger partial charge in [0.05, 0.1) is 25.2 Å². The van der Waals surface area contributed by atoms with Crippen molar-refractivity contribution in [2.24, 2.45) is 5.92 Å². The molecule has 2 atom stereocenters. The van der Waals surface area contributed by atoms with Crippen LogP contribution in [0.3, 0.4) is 0 Å². The van der Waals surface area contributed by atoms with Gasteiger partial charge in [0.2, 0.25) is 0 Å². The second-order valence-corrected chi connectivity index (χ2v) is 12.1. The molecular formula is C22H26N3O2PS. The van der Waals surface area contributed by atoms with Crippen LogP contribution < -0.4 is 10.1 Å². The van der Waals surface area contributed by atoms with Crippen LogP contribution in [0.2, 0.25) is 0 Å². The number of methoxy groups -OCH3 is 1. The number of benzene rings is 1. The van der Waals surface area contributed by atoms with Gasteiger partial charge in [0.1, 0.15) is 18.7 Å². The number of nitrogens with zero attached hydrogens (tertiary/aromatic N) is 2. The Hall–Kier alpha value is -2.17. The van der Waals surface area contributed by atoms with Gasteiger partial charge in [-0.1, -0.05) is 6.92 Å². The van der Waals surface area contributed by atoms with Gasteiger partial charge in [0.25, 0.3) is 0 Å². The van der Waals surface area contributed by atoms with Gasteiger partial charge >= 0.3 is 0 Å². The van der Waals surface area contributed by atoms with Crippen molar-refractivity contribution in [2.45, 2.75) is 20.3 Å². The van der Waals surface area contributed by atoms with Gasteiger partial charge in [-0.2, -0.15) is 0 Å². The van der Waals surface area contributed by atoms with E-state index in [1.165, 1.54) is 10.1 Å². The maximum atomic E-state index is 13.8. The summed E-state index contributed by atoms with van der Waals surface area (Å²) >= 11 is 1.70. The Morgan fingerprint density at radius 2 is 2.21 bits per heavy atom. The van der Waals surface area contributed by atoms with Gasteiger partial charge in [-0.25, -0.2) is 4.98 Å². The molecule has 0 bridgehead atoms. The quantitative estimate of drug-likeness (QED) is 0.499. The topological polar surface area (TPSA) is 64.1 Å². The van der Waals surface area contributed by atoms with Crippen LogP contribution in [0, 0.1) is 12.8 Å². The summed E-state index contributed by atoms with van der Waals surface area (Å²) in [5, 5.41) is 5.51. The number of hydrogen-bond acceptors (Lipinski definition) is 6. The van der Waals surface area contributed by atoms with Crippen LogP contribution >= 0.6 is 18.5 Å². The third-order valence-corrected chi connectivity index (χ3v) is 9.97. The molecule has 1 aliphatic rings. The highest BCUT2D eigenvalue weighted by molar-refractivity contribution is 7.68. The number of nitrogens with one attached hydrogen (secondary N) is 1. The van der Waals surface area contributed by atoms with Crippen molar-refractivity contribution in [3.63, 3.8) is 0 Å². The first kappa shape index (κ1) is 20.1. The van der Waals surface area contributed by atoms with Crippen molar-refractivity contribution in [1.29, 1.82) is 0 Å². The van der Waals surface area contributed by atoms with E-state index in [1.54, 1.807) is 30.8 Å². The van der Waals surface area contributed by atoms with Gasteiger partial charge in [-0.3, -0.25) is 4.98 Å². The summed E-state index contributed by atoms with van der Waals surface area (Å²) in [5.41, 5.74) is 0.879. The first-order valence-corrected chi connectivity index (χ1v) is 12.7. The third kappa shape index (κ3) is 4.54. The van der Waals surface area contributed by atoms with Crippen molar-refractivity contribution in [3.05, 3.63) is 52.5 Å². The smallest absolute Gasteiger partial charge is 0.144 e. The van der Waals surface area contributed by atoms with Crippen molar-refractivity contribution in [3.8, 4) is 5.75 Å². The molecule has 0 aliphatic carbocycles. The molecule has 3 heterocycles. The number of thiophene rings is 1. The monoisotopic (exact) mass is 427 g/mol. The fourth-order valence-electron chi connectivity index (χ4n) is 3.75. The average Bonchev–Trinajstić information content (AvgIpc) is 3.28. The number of anilines is 1. The van der Waals surface area contributed by atoms with E-state index in [4.69, 9.17) is 4.74 Å². The van der Waals surface area contributed by atoms with Crippen molar-refractivity contribution in [2.75, 3.05) is 31.3 Å². The largest absolute Gasteiger partial charge is 0.497 e. The lowest BCUT2D eigenvalue weighted by Crippen LogP contribution is -2.08. The van der Waals surface area contributed by atoms with E-state index in [1.807, 2.05) is 13.0 Å². The molecule has 4 rings (SSSR count). The van der Waals surface area contributed by atoms with Crippen LogP contribution in [0.1, 0.15) is 23.9 Å². The minimum atomic E-state index is -2.37. The first-order chi connectivity index (χ1) is 13.9. The normalized spacial score (nSPS) is 22.2. The Kier molecular flexibility index (Phi) is 5.75. The van der Waals surface area contributed by atoms with E-state index in [-0.39, 0.29) is 0 Å². The Morgan fingerprint density at radius 1 is 1.34 bits per heavy atom. The molecule has 1 unspecified atom stereocenters. The van der Waals surface area contributed by atoms with Gasteiger partial charge in [-0.15, -0.1) is 11.3 Å². The maximum absolute atomic E-state index is 13.8. The number of aryl methyl sites for hydroxylation is 1.